The zero-order valence-electron chi connectivity index (χ0n) is 9.35. The summed E-state index contributed by atoms with van der Waals surface area (Å²) >= 11 is 3.35. The van der Waals surface area contributed by atoms with Crippen LogP contribution in [-0.4, -0.2) is 10.9 Å². The van der Waals surface area contributed by atoms with Crippen LogP contribution >= 0.6 is 15.9 Å². The Morgan fingerprint density at radius 3 is 2.81 bits per heavy atom. The van der Waals surface area contributed by atoms with Crippen LogP contribution < -0.4 is 0 Å². The minimum atomic E-state index is 0.0983. The first-order valence-electron chi connectivity index (χ1n) is 5.61. The topological polar surface area (TPSA) is 37.3 Å². The lowest BCUT2D eigenvalue weighted by molar-refractivity contribution is -0.116. The lowest BCUT2D eigenvalue weighted by Gasteiger charge is -2.21. The normalized spacial score (nSPS) is 14.6. The molecule has 1 aromatic carbocycles. The Labute approximate surface area is 104 Å². The first kappa shape index (κ1) is 11.6. The fourth-order valence-corrected chi connectivity index (χ4v) is 2.90. The van der Waals surface area contributed by atoms with Crippen LogP contribution in [0, 0.1) is 0 Å². The van der Waals surface area contributed by atoms with E-state index in [9.17, 15) is 9.90 Å². The maximum atomic E-state index is 11.2. The van der Waals surface area contributed by atoms with Crippen molar-refractivity contribution in [3.63, 3.8) is 0 Å². The Morgan fingerprint density at radius 1 is 1.44 bits per heavy atom. The molecule has 0 aliphatic heterocycles. The summed E-state index contributed by atoms with van der Waals surface area (Å²) in [5.74, 6) is 0.344. The number of fused-ring (bicyclic) bond motifs is 1. The minimum absolute atomic E-state index is 0.0983. The lowest BCUT2D eigenvalue weighted by Crippen LogP contribution is -2.09. The van der Waals surface area contributed by atoms with Crippen molar-refractivity contribution < 1.29 is 9.90 Å². The van der Waals surface area contributed by atoms with Crippen LogP contribution in [0.25, 0.3) is 0 Å². The average Bonchev–Trinajstić information content (AvgIpc) is 2.24. The van der Waals surface area contributed by atoms with E-state index in [-0.39, 0.29) is 11.5 Å². The van der Waals surface area contributed by atoms with Gasteiger partial charge in [-0.1, -0.05) is 0 Å². The smallest absolute Gasteiger partial charge is 0.134 e. The van der Waals surface area contributed by atoms with E-state index in [0.717, 1.165) is 24.8 Å². The van der Waals surface area contributed by atoms with E-state index in [4.69, 9.17) is 0 Å². The second-order valence-electron chi connectivity index (χ2n) is 4.41. The highest BCUT2D eigenvalue weighted by Crippen LogP contribution is 2.36. The molecule has 3 heteroatoms. The van der Waals surface area contributed by atoms with Gasteiger partial charge >= 0.3 is 0 Å². The summed E-state index contributed by atoms with van der Waals surface area (Å²) in [6.45, 7) is 1.57. The van der Waals surface area contributed by atoms with Gasteiger partial charge in [0.1, 0.15) is 11.5 Å². The fourth-order valence-electron chi connectivity index (χ4n) is 2.38. The third kappa shape index (κ3) is 2.14. The number of halogens is 1. The summed E-state index contributed by atoms with van der Waals surface area (Å²) in [4.78, 5) is 11.2. The van der Waals surface area contributed by atoms with Gasteiger partial charge < -0.3 is 5.11 Å². The number of rotatable bonds is 2. The third-order valence-electron chi connectivity index (χ3n) is 3.11. The summed E-state index contributed by atoms with van der Waals surface area (Å²) in [5.41, 5.74) is 3.31. The van der Waals surface area contributed by atoms with E-state index in [1.165, 1.54) is 17.5 Å². The molecule has 1 aliphatic rings. The van der Waals surface area contributed by atoms with Crippen molar-refractivity contribution >= 4 is 21.7 Å². The molecule has 0 fully saturated rings. The monoisotopic (exact) mass is 282 g/mol. The summed E-state index contributed by atoms with van der Waals surface area (Å²) in [6.07, 6.45) is 4.73. The van der Waals surface area contributed by atoms with Crippen molar-refractivity contribution in [2.75, 3.05) is 0 Å². The number of aromatic hydroxyl groups is 1. The molecule has 1 aromatic rings. The molecule has 0 saturated carbocycles. The molecule has 1 N–H and O–H groups in total. The predicted molar refractivity (Wildman–Crippen MR) is 66.8 cm³/mol. The molecule has 0 radical (unpaired) electrons. The Bertz CT molecular complexity index is 438. The Hall–Kier alpha value is -0.830. The molecule has 2 rings (SSSR count). The van der Waals surface area contributed by atoms with Gasteiger partial charge in [-0.05, 0) is 65.7 Å². The Kier molecular flexibility index (Phi) is 3.33. The zero-order valence-corrected chi connectivity index (χ0v) is 10.9. The molecule has 16 heavy (non-hydrogen) atoms. The van der Waals surface area contributed by atoms with Crippen molar-refractivity contribution in [3.05, 3.63) is 27.2 Å². The van der Waals surface area contributed by atoms with Gasteiger partial charge in [0, 0.05) is 12.0 Å². The first-order valence-corrected chi connectivity index (χ1v) is 6.40. The first-order chi connectivity index (χ1) is 7.59. The minimum Gasteiger partial charge on any atom is -0.506 e. The molecule has 0 amide bonds. The molecule has 2 nitrogen and oxygen atoms in total. The van der Waals surface area contributed by atoms with E-state index in [1.807, 2.05) is 6.07 Å². The number of aryl methyl sites for hydroxylation is 1. The number of phenolic OH excluding ortho intramolecular Hbond substituents is 1. The molecule has 0 heterocycles. The Morgan fingerprint density at radius 2 is 2.12 bits per heavy atom. The molecule has 0 spiro atoms. The van der Waals surface area contributed by atoms with Gasteiger partial charge in [0.05, 0.1) is 4.47 Å². The van der Waals surface area contributed by atoms with Crippen molar-refractivity contribution in [2.45, 2.75) is 39.0 Å². The van der Waals surface area contributed by atoms with Crippen molar-refractivity contribution in [1.29, 1.82) is 0 Å². The van der Waals surface area contributed by atoms with Gasteiger partial charge in [-0.15, -0.1) is 0 Å². The molecule has 86 valence electrons. The number of hydrogen-bond donors (Lipinski definition) is 1. The highest BCUT2D eigenvalue weighted by molar-refractivity contribution is 9.10. The molecular weight excluding hydrogens is 268 g/mol. The summed E-state index contributed by atoms with van der Waals surface area (Å²) < 4.78 is 0.712. The number of hydrogen-bond acceptors (Lipinski definition) is 2. The fraction of sp³-hybridized carbons (Fsp3) is 0.462. The van der Waals surface area contributed by atoms with Crippen LogP contribution in [-0.2, 0) is 24.1 Å². The molecule has 0 unspecified atom stereocenters. The number of Topliss-reactive ketones (excluding diaryl/α,β-unsaturated/α-hetero) is 1. The molecule has 0 saturated heterocycles. The highest BCUT2D eigenvalue weighted by atomic mass is 79.9. The highest BCUT2D eigenvalue weighted by Gasteiger charge is 2.19. The van der Waals surface area contributed by atoms with Crippen LogP contribution in [0.3, 0.4) is 0 Å². The summed E-state index contributed by atoms with van der Waals surface area (Å²) in [6, 6.07) is 1.99. The molecular formula is C13H15BrO2. The van der Waals surface area contributed by atoms with Crippen LogP contribution in [0.1, 0.15) is 36.5 Å². The largest absolute Gasteiger partial charge is 0.506 e. The maximum Gasteiger partial charge on any atom is 0.134 e. The van der Waals surface area contributed by atoms with Gasteiger partial charge in [0.15, 0.2) is 0 Å². The van der Waals surface area contributed by atoms with Crippen molar-refractivity contribution in [1.82, 2.24) is 0 Å². The number of carbonyl (C=O) groups is 1. The van der Waals surface area contributed by atoms with Gasteiger partial charge in [0.2, 0.25) is 0 Å². The second kappa shape index (κ2) is 4.58. The van der Waals surface area contributed by atoms with Crippen LogP contribution in [0.4, 0.5) is 0 Å². The standard InChI is InChI=1S/C13H15BrO2/c1-8(15)6-11-10-5-3-2-4-9(10)7-12(14)13(11)16/h7,16H,2-6H2,1H3. The molecule has 1 aliphatic carbocycles. The SMILES string of the molecule is CC(=O)Cc1c(O)c(Br)cc2c1CCCC2. The summed E-state index contributed by atoms with van der Waals surface area (Å²) in [7, 11) is 0. The van der Waals surface area contributed by atoms with Gasteiger partial charge in [-0.2, -0.15) is 0 Å². The number of benzene rings is 1. The Balaban J connectivity index is 2.54. The van der Waals surface area contributed by atoms with E-state index < -0.39 is 0 Å². The van der Waals surface area contributed by atoms with Gasteiger partial charge in [-0.3, -0.25) is 4.79 Å². The van der Waals surface area contributed by atoms with Crippen LogP contribution in [0.2, 0.25) is 0 Å². The van der Waals surface area contributed by atoms with Crippen molar-refractivity contribution in [3.8, 4) is 5.75 Å². The lowest BCUT2D eigenvalue weighted by atomic mass is 9.86. The average molecular weight is 283 g/mol. The maximum absolute atomic E-state index is 11.2. The zero-order chi connectivity index (χ0) is 11.7. The van der Waals surface area contributed by atoms with Crippen molar-refractivity contribution in [2.24, 2.45) is 0 Å². The van der Waals surface area contributed by atoms with E-state index in [2.05, 4.69) is 15.9 Å². The van der Waals surface area contributed by atoms with Gasteiger partial charge in [0.25, 0.3) is 0 Å². The second-order valence-corrected chi connectivity index (χ2v) is 5.26. The number of phenols is 1. The number of ketones is 1. The summed E-state index contributed by atoms with van der Waals surface area (Å²) in [5, 5.41) is 10.0. The molecule has 0 bridgehead atoms. The van der Waals surface area contributed by atoms with E-state index in [1.54, 1.807) is 6.92 Å². The number of carbonyl (C=O) groups excluding carboxylic acids is 1. The van der Waals surface area contributed by atoms with Crippen LogP contribution in [0.15, 0.2) is 10.5 Å². The van der Waals surface area contributed by atoms with E-state index >= 15 is 0 Å². The van der Waals surface area contributed by atoms with Gasteiger partial charge in [-0.25, -0.2) is 0 Å². The van der Waals surface area contributed by atoms with Crippen LogP contribution in [0.5, 0.6) is 5.75 Å². The third-order valence-corrected chi connectivity index (χ3v) is 3.72. The predicted octanol–water partition coefficient (Wildman–Crippen LogP) is 3.17. The quantitative estimate of drug-likeness (QED) is 0.905. The molecule has 0 aromatic heterocycles. The van der Waals surface area contributed by atoms with E-state index in [0.29, 0.717) is 10.9 Å². The molecule has 0 atom stereocenters.